The fourth-order valence-electron chi connectivity index (χ4n) is 5.69. The maximum atomic E-state index is 14.1. The minimum atomic E-state index is -4.06. The lowest BCUT2D eigenvalue weighted by atomic mass is 9.68. The van der Waals surface area contributed by atoms with Gasteiger partial charge in [0, 0.05) is 23.6 Å². The molecule has 1 heterocycles. The van der Waals surface area contributed by atoms with Crippen LogP contribution >= 0.6 is 7.82 Å². The van der Waals surface area contributed by atoms with Crippen molar-refractivity contribution >= 4 is 13.8 Å². The van der Waals surface area contributed by atoms with Crippen molar-refractivity contribution in [2.45, 2.75) is 111 Å². The summed E-state index contributed by atoms with van der Waals surface area (Å²) >= 11 is 0. The average molecular weight is 680 g/mol. The normalized spacial score (nSPS) is 20.2. The lowest BCUT2D eigenvalue weighted by Crippen LogP contribution is -2.49. The van der Waals surface area contributed by atoms with E-state index in [1.807, 2.05) is 58.9 Å². The van der Waals surface area contributed by atoms with Crippen molar-refractivity contribution < 1.29 is 41.5 Å². The molecule has 0 saturated carbocycles. The number of hydrogen-bond acceptors (Lipinski definition) is 9. The number of phosphoric ester groups is 1. The van der Waals surface area contributed by atoms with Gasteiger partial charge in [-0.2, -0.15) is 0 Å². The van der Waals surface area contributed by atoms with E-state index < -0.39 is 41.5 Å². The summed E-state index contributed by atoms with van der Waals surface area (Å²) in [5.74, 6) is -0.199. The minimum Gasteiger partial charge on any atom is -0.490 e. The largest absolute Gasteiger partial charge is 0.490 e. The number of carbonyl (C=O) groups excluding carboxylic acids is 1. The Hall–Kier alpha value is -2.49. The summed E-state index contributed by atoms with van der Waals surface area (Å²) in [6.07, 6.45) is 1.13. The molecule has 9 nitrogen and oxygen atoms in total. The maximum absolute atomic E-state index is 14.1. The molecule has 1 aliphatic heterocycles. The number of carbonyl (C=O) groups is 1. The van der Waals surface area contributed by atoms with Gasteiger partial charge in [0.25, 0.3) is 0 Å². The maximum Gasteiger partial charge on any atom is 0.475 e. The molecule has 1 aliphatic rings. The number of benzene rings is 2. The molecule has 11 heteroatoms. The molecule has 0 aromatic heterocycles. The molecule has 3 rings (SSSR count). The third-order valence-corrected chi connectivity index (χ3v) is 9.39. The van der Waals surface area contributed by atoms with Crippen LogP contribution in [-0.4, -0.2) is 54.7 Å². The van der Waals surface area contributed by atoms with Gasteiger partial charge in [-0.1, -0.05) is 18.2 Å². The van der Waals surface area contributed by atoms with E-state index in [-0.39, 0.29) is 25.0 Å². The van der Waals surface area contributed by atoms with Gasteiger partial charge < -0.3 is 19.5 Å². The fraction of sp³-hybridized carbons (Fsp3) is 0.639. The Morgan fingerprint density at radius 2 is 1.45 bits per heavy atom. The highest BCUT2D eigenvalue weighted by Crippen LogP contribution is 2.58. The number of esters is 1. The Morgan fingerprint density at radius 3 is 1.98 bits per heavy atom. The SMILES string of the molecule is CC(C)(C)OC(=O)[C@@H]1C(CCc2ccc(OCCOc3cccc(F)c3)cc2)(COP(=O)(OC(C)(C)C)OC(C)(C)C)CNC1(C)C. The van der Waals surface area contributed by atoms with Crippen LogP contribution in [0, 0.1) is 17.2 Å². The molecule has 1 N–H and O–H groups in total. The highest BCUT2D eigenvalue weighted by Gasteiger charge is 2.58. The number of aryl methyl sites for hydroxylation is 1. The van der Waals surface area contributed by atoms with Crippen molar-refractivity contribution in [1.29, 1.82) is 0 Å². The molecule has 1 unspecified atom stereocenters. The summed E-state index contributed by atoms with van der Waals surface area (Å²) in [5.41, 5.74) is -2.70. The third kappa shape index (κ3) is 12.5. The molecule has 2 aromatic rings. The monoisotopic (exact) mass is 679 g/mol. The number of phosphoric acid groups is 1. The van der Waals surface area contributed by atoms with Gasteiger partial charge in [-0.3, -0.25) is 18.4 Å². The summed E-state index contributed by atoms with van der Waals surface area (Å²) in [5, 5.41) is 3.52. The van der Waals surface area contributed by atoms with Crippen LogP contribution in [0.1, 0.15) is 88.1 Å². The first-order chi connectivity index (χ1) is 21.5. The lowest BCUT2D eigenvalue weighted by molar-refractivity contribution is -0.167. The van der Waals surface area contributed by atoms with Crippen LogP contribution in [-0.2, 0) is 34.1 Å². The van der Waals surface area contributed by atoms with Gasteiger partial charge in [-0.05, 0) is 119 Å². The Labute approximate surface area is 280 Å². The molecule has 0 spiro atoms. The molecule has 1 saturated heterocycles. The van der Waals surface area contributed by atoms with Gasteiger partial charge in [-0.15, -0.1) is 0 Å². The van der Waals surface area contributed by atoms with E-state index in [2.05, 4.69) is 5.32 Å². The van der Waals surface area contributed by atoms with Crippen LogP contribution in [0.15, 0.2) is 48.5 Å². The number of ether oxygens (including phenoxy) is 3. The number of nitrogens with one attached hydrogen (secondary N) is 1. The second-order valence-corrected chi connectivity index (χ2v) is 17.3. The van der Waals surface area contributed by atoms with Crippen LogP contribution < -0.4 is 14.8 Å². The Kier molecular flexibility index (Phi) is 12.4. The number of hydrogen-bond donors (Lipinski definition) is 1. The molecule has 2 atom stereocenters. The molecule has 0 radical (unpaired) electrons. The number of rotatable bonds is 14. The lowest BCUT2D eigenvalue weighted by Gasteiger charge is -2.40. The predicted octanol–water partition coefficient (Wildman–Crippen LogP) is 8.30. The Balaban J connectivity index is 1.80. The van der Waals surface area contributed by atoms with Crippen LogP contribution in [0.5, 0.6) is 11.5 Å². The molecule has 264 valence electrons. The van der Waals surface area contributed by atoms with Crippen molar-refractivity contribution in [3.05, 3.63) is 59.9 Å². The van der Waals surface area contributed by atoms with E-state index in [4.69, 9.17) is 27.8 Å². The summed E-state index contributed by atoms with van der Waals surface area (Å²) in [6.45, 7) is 21.2. The van der Waals surface area contributed by atoms with Crippen molar-refractivity contribution in [3.63, 3.8) is 0 Å². The van der Waals surface area contributed by atoms with Gasteiger partial charge in [0.1, 0.15) is 36.1 Å². The van der Waals surface area contributed by atoms with Crippen LogP contribution in [0.25, 0.3) is 0 Å². The summed E-state index contributed by atoms with van der Waals surface area (Å²) in [4.78, 5) is 13.9. The highest BCUT2D eigenvalue weighted by atomic mass is 31.2. The third-order valence-electron chi connectivity index (χ3n) is 7.41. The fourth-order valence-corrected chi connectivity index (χ4v) is 7.59. The van der Waals surface area contributed by atoms with E-state index in [1.54, 1.807) is 53.7 Å². The molecule has 0 bridgehead atoms. The van der Waals surface area contributed by atoms with Crippen molar-refractivity contribution in [2.24, 2.45) is 11.3 Å². The van der Waals surface area contributed by atoms with Gasteiger partial charge >= 0.3 is 13.8 Å². The van der Waals surface area contributed by atoms with Gasteiger partial charge in [0.05, 0.1) is 23.7 Å². The molecular formula is C36H55FNO8P. The zero-order valence-corrected chi connectivity index (χ0v) is 30.9. The molecule has 0 amide bonds. The van der Waals surface area contributed by atoms with Crippen LogP contribution in [0.2, 0.25) is 0 Å². The molecule has 2 aromatic carbocycles. The zero-order valence-electron chi connectivity index (χ0n) is 30.0. The van der Waals surface area contributed by atoms with E-state index in [0.717, 1.165) is 5.56 Å². The minimum absolute atomic E-state index is 0.0523. The van der Waals surface area contributed by atoms with Gasteiger partial charge in [-0.25, -0.2) is 8.96 Å². The van der Waals surface area contributed by atoms with E-state index in [9.17, 15) is 13.8 Å². The molecule has 47 heavy (non-hydrogen) atoms. The summed E-state index contributed by atoms with van der Waals surface area (Å²) < 4.78 is 62.8. The molecule has 1 fully saturated rings. The highest BCUT2D eigenvalue weighted by molar-refractivity contribution is 7.48. The number of halogens is 1. The van der Waals surface area contributed by atoms with Crippen molar-refractivity contribution in [1.82, 2.24) is 5.32 Å². The van der Waals surface area contributed by atoms with E-state index >= 15 is 0 Å². The average Bonchev–Trinajstić information content (AvgIpc) is 3.17. The van der Waals surface area contributed by atoms with E-state index in [0.29, 0.717) is 37.5 Å². The molecular weight excluding hydrogens is 624 g/mol. The smallest absolute Gasteiger partial charge is 0.475 e. The quantitative estimate of drug-likeness (QED) is 0.120. The Morgan fingerprint density at radius 1 is 0.872 bits per heavy atom. The van der Waals surface area contributed by atoms with Crippen LogP contribution in [0.4, 0.5) is 4.39 Å². The van der Waals surface area contributed by atoms with Crippen molar-refractivity contribution in [3.8, 4) is 11.5 Å². The molecule has 0 aliphatic carbocycles. The van der Waals surface area contributed by atoms with E-state index in [1.165, 1.54) is 12.1 Å². The van der Waals surface area contributed by atoms with Crippen molar-refractivity contribution in [2.75, 3.05) is 26.4 Å². The second-order valence-electron chi connectivity index (χ2n) is 15.8. The predicted molar refractivity (Wildman–Crippen MR) is 181 cm³/mol. The topological polar surface area (TPSA) is 102 Å². The zero-order chi connectivity index (χ0) is 35.3. The summed E-state index contributed by atoms with van der Waals surface area (Å²) in [6, 6.07) is 13.7. The Bertz CT molecular complexity index is 1360. The summed E-state index contributed by atoms with van der Waals surface area (Å²) in [7, 11) is -4.06. The second kappa shape index (κ2) is 15.0. The first-order valence-corrected chi connectivity index (χ1v) is 17.7. The first-order valence-electron chi connectivity index (χ1n) is 16.2. The first kappa shape index (κ1) is 39.0. The van der Waals surface area contributed by atoms with Gasteiger partial charge in [0.15, 0.2) is 0 Å². The standard InChI is InChI=1S/C36H55FNO8P/c1-32(2,3)44-31(39)30-35(10,11)38-24-36(30,25-43-47(40,45-33(4,5)6)46-34(7,8)9)20-19-26-15-17-28(18-16-26)41-21-22-42-29-14-12-13-27(37)23-29/h12-18,23,30,38H,19-22,24-25H2,1-11H3/t30-,36?/m0/s1. The van der Waals surface area contributed by atoms with Gasteiger partial charge in [0.2, 0.25) is 0 Å². The van der Waals surface area contributed by atoms with Crippen LogP contribution in [0.3, 0.4) is 0 Å².